The Hall–Kier alpha value is -0.330. The second kappa shape index (κ2) is 16.7. The molecule has 0 aliphatic carbocycles. The van der Waals surface area contributed by atoms with Gasteiger partial charge in [0.15, 0.2) is 0 Å². The van der Waals surface area contributed by atoms with Gasteiger partial charge in [-0.1, -0.05) is 97.3 Å². The van der Waals surface area contributed by atoms with Crippen LogP contribution in [0.15, 0.2) is 0 Å². The van der Waals surface area contributed by atoms with Gasteiger partial charge >= 0.3 is 0 Å². The molecule has 0 N–H and O–H groups in total. The molecule has 1 atom stereocenters. The van der Waals surface area contributed by atoms with Gasteiger partial charge in [0.1, 0.15) is 6.29 Å². The van der Waals surface area contributed by atoms with E-state index in [0.717, 1.165) is 25.0 Å². The number of unbranched alkanes of at least 4 members (excludes halogenated alkanes) is 11. The van der Waals surface area contributed by atoms with E-state index >= 15 is 0 Å². The fourth-order valence-corrected chi connectivity index (χ4v) is 2.83. The minimum Gasteiger partial charge on any atom is -0.303 e. The van der Waals surface area contributed by atoms with Crippen molar-refractivity contribution in [1.82, 2.24) is 0 Å². The van der Waals surface area contributed by atoms with E-state index in [1.165, 1.54) is 83.5 Å². The van der Waals surface area contributed by atoms with E-state index in [1.54, 1.807) is 0 Å². The SMILES string of the molecule is CCCCCCCCCCCCCC[C@H](C)CCC=O. The molecule has 0 saturated carbocycles. The van der Waals surface area contributed by atoms with Crippen LogP contribution < -0.4 is 0 Å². The first-order valence-corrected chi connectivity index (χ1v) is 9.24. The maximum absolute atomic E-state index is 10.3. The normalized spacial score (nSPS) is 12.5. The van der Waals surface area contributed by atoms with Gasteiger partial charge in [-0.2, -0.15) is 0 Å². The molecule has 0 saturated heterocycles. The maximum Gasteiger partial charge on any atom is 0.120 e. The number of hydrogen-bond acceptors (Lipinski definition) is 1. The average Bonchev–Trinajstić information content (AvgIpc) is 2.46. The number of hydrogen-bond donors (Lipinski definition) is 0. The maximum atomic E-state index is 10.3. The van der Waals surface area contributed by atoms with Crippen LogP contribution in [0.3, 0.4) is 0 Å². The molecular formula is C19H38O. The molecule has 0 aromatic heterocycles. The Morgan fingerprint density at radius 1 is 0.700 bits per heavy atom. The second-order valence-corrected chi connectivity index (χ2v) is 6.53. The Labute approximate surface area is 127 Å². The third-order valence-corrected chi connectivity index (χ3v) is 4.33. The van der Waals surface area contributed by atoms with Crippen LogP contribution in [-0.2, 0) is 4.79 Å². The summed E-state index contributed by atoms with van der Waals surface area (Å²) in [4.78, 5) is 10.3. The summed E-state index contributed by atoms with van der Waals surface area (Å²) in [5.41, 5.74) is 0. The molecule has 0 unspecified atom stereocenters. The lowest BCUT2D eigenvalue weighted by molar-refractivity contribution is -0.108. The molecule has 120 valence electrons. The van der Waals surface area contributed by atoms with E-state index in [2.05, 4.69) is 13.8 Å². The molecule has 0 amide bonds. The van der Waals surface area contributed by atoms with Crippen LogP contribution in [0.25, 0.3) is 0 Å². The van der Waals surface area contributed by atoms with Gasteiger partial charge in [0.25, 0.3) is 0 Å². The topological polar surface area (TPSA) is 17.1 Å². The zero-order valence-electron chi connectivity index (χ0n) is 14.2. The molecule has 0 rings (SSSR count). The van der Waals surface area contributed by atoms with Crippen LogP contribution in [0.4, 0.5) is 0 Å². The van der Waals surface area contributed by atoms with E-state index in [9.17, 15) is 4.79 Å². The van der Waals surface area contributed by atoms with E-state index in [0.29, 0.717) is 0 Å². The number of aldehydes is 1. The minimum atomic E-state index is 0.739. The molecule has 0 aromatic rings. The van der Waals surface area contributed by atoms with Crippen molar-refractivity contribution in [3.63, 3.8) is 0 Å². The van der Waals surface area contributed by atoms with Gasteiger partial charge in [-0.25, -0.2) is 0 Å². The Kier molecular flexibility index (Phi) is 16.4. The molecule has 0 bridgehead atoms. The van der Waals surface area contributed by atoms with Crippen LogP contribution >= 0.6 is 0 Å². The third kappa shape index (κ3) is 15.7. The lowest BCUT2D eigenvalue weighted by atomic mass is 9.97. The van der Waals surface area contributed by atoms with E-state index in [-0.39, 0.29) is 0 Å². The van der Waals surface area contributed by atoms with Gasteiger partial charge in [0, 0.05) is 6.42 Å². The number of carbonyl (C=O) groups is 1. The fourth-order valence-electron chi connectivity index (χ4n) is 2.83. The summed E-state index contributed by atoms with van der Waals surface area (Å²) >= 11 is 0. The van der Waals surface area contributed by atoms with Crippen molar-refractivity contribution >= 4 is 6.29 Å². The molecule has 0 spiro atoms. The van der Waals surface area contributed by atoms with Crippen molar-refractivity contribution in [3.8, 4) is 0 Å². The molecule has 0 aromatic carbocycles. The highest BCUT2D eigenvalue weighted by atomic mass is 16.1. The zero-order valence-corrected chi connectivity index (χ0v) is 14.2. The van der Waals surface area contributed by atoms with Crippen molar-refractivity contribution in [2.75, 3.05) is 0 Å². The van der Waals surface area contributed by atoms with Crippen LogP contribution in [0.1, 0.15) is 110 Å². The smallest absolute Gasteiger partial charge is 0.120 e. The predicted molar refractivity (Wildman–Crippen MR) is 90.2 cm³/mol. The monoisotopic (exact) mass is 282 g/mol. The highest BCUT2D eigenvalue weighted by Gasteiger charge is 2.01. The van der Waals surface area contributed by atoms with Gasteiger partial charge in [-0.05, 0) is 12.3 Å². The van der Waals surface area contributed by atoms with Crippen LogP contribution in [0.5, 0.6) is 0 Å². The molecule has 1 nitrogen and oxygen atoms in total. The standard InChI is InChI=1S/C19H38O/c1-3-4-5-6-7-8-9-10-11-12-13-14-16-19(2)17-15-18-20/h18-19H,3-17H2,1-2H3/t19-/m0/s1. The van der Waals surface area contributed by atoms with Crippen molar-refractivity contribution in [2.45, 2.75) is 110 Å². The molecule has 0 radical (unpaired) electrons. The zero-order chi connectivity index (χ0) is 14.9. The summed E-state index contributed by atoms with van der Waals surface area (Å²) in [7, 11) is 0. The van der Waals surface area contributed by atoms with Gasteiger partial charge in [0.2, 0.25) is 0 Å². The summed E-state index contributed by atoms with van der Waals surface area (Å²) in [5.74, 6) is 0.739. The van der Waals surface area contributed by atoms with Gasteiger partial charge in [-0.3, -0.25) is 0 Å². The molecule has 20 heavy (non-hydrogen) atoms. The minimum absolute atomic E-state index is 0.739. The van der Waals surface area contributed by atoms with E-state index in [1.807, 2.05) is 0 Å². The van der Waals surface area contributed by atoms with E-state index in [4.69, 9.17) is 0 Å². The summed E-state index contributed by atoms with van der Waals surface area (Å²) < 4.78 is 0. The van der Waals surface area contributed by atoms with E-state index < -0.39 is 0 Å². The van der Waals surface area contributed by atoms with Crippen molar-refractivity contribution < 1.29 is 4.79 Å². The number of rotatable bonds is 16. The Bertz CT molecular complexity index is 188. The second-order valence-electron chi connectivity index (χ2n) is 6.53. The molecule has 0 heterocycles. The third-order valence-electron chi connectivity index (χ3n) is 4.33. The molecule has 0 fully saturated rings. The molecular weight excluding hydrogens is 244 g/mol. The van der Waals surface area contributed by atoms with Crippen molar-refractivity contribution in [1.29, 1.82) is 0 Å². The number of carbonyl (C=O) groups excluding carboxylic acids is 1. The van der Waals surface area contributed by atoms with Gasteiger partial charge in [-0.15, -0.1) is 0 Å². The highest BCUT2D eigenvalue weighted by Crippen LogP contribution is 2.16. The van der Waals surface area contributed by atoms with Crippen molar-refractivity contribution in [2.24, 2.45) is 5.92 Å². The first-order chi connectivity index (χ1) is 9.81. The summed E-state index contributed by atoms with van der Waals surface area (Å²) in [5, 5.41) is 0. The summed E-state index contributed by atoms with van der Waals surface area (Å²) in [6.45, 7) is 4.56. The predicted octanol–water partition coefficient (Wildman–Crippen LogP) is 6.69. The first-order valence-electron chi connectivity index (χ1n) is 9.24. The first kappa shape index (κ1) is 19.7. The van der Waals surface area contributed by atoms with Gasteiger partial charge < -0.3 is 4.79 Å². The quantitative estimate of drug-likeness (QED) is 0.227. The van der Waals surface area contributed by atoms with Crippen molar-refractivity contribution in [3.05, 3.63) is 0 Å². The lowest BCUT2D eigenvalue weighted by Gasteiger charge is -2.08. The Balaban J connectivity index is 3.04. The Morgan fingerprint density at radius 3 is 1.60 bits per heavy atom. The largest absolute Gasteiger partial charge is 0.303 e. The van der Waals surface area contributed by atoms with Crippen LogP contribution in [-0.4, -0.2) is 6.29 Å². The molecule has 1 heteroatoms. The molecule has 0 aliphatic rings. The summed E-state index contributed by atoms with van der Waals surface area (Å²) in [6.07, 6.45) is 21.2. The highest BCUT2D eigenvalue weighted by molar-refractivity contribution is 5.49. The summed E-state index contributed by atoms with van der Waals surface area (Å²) in [6, 6.07) is 0. The molecule has 0 aliphatic heterocycles. The fraction of sp³-hybridized carbons (Fsp3) is 0.947. The Morgan fingerprint density at radius 2 is 1.15 bits per heavy atom. The van der Waals surface area contributed by atoms with Crippen LogP contribution in [0.2, 0.25) is 0 Å². The van der Waals surface area contributed by atoms with Gasteiger partial charge in [0.05, 0.1) is 0 Å². The van der Waals surface area contributed by atoms with Crippen LogP contribution in [0, 0.1) is 5.92 Å². The average molecular weight is 283 g/mol. The lowest BCUT2D eigenvalue weighted by Crippen LogP contribution is -1.95.